The summed E-state index contributed by atoms with van der Waals surface area (Å²) in [5.74, 6) is 0.107. The van der Waals surface area contributed by atoms with Gasteiger partial charge in [-0.3, -0.25) is 4.79 Å². The van der Waals surface area contributed by atoms with Gasteiger partial charge in [0.2, 0.25) is 0 Å². The summed E-state index contributed by atoms with van der Waals surface area (Å²) in [5, 5.41) is 12.4. The van der Waals surface area contributed by atoms with Crippen molar-refractivity contribution in [3.63, 3.8) is 0 Å². The van der Waals surface area contributed by atoms with E-state index in [4.69, 9.17) is 0 Å². The van der Waals surface area contributed by atoms with Crippen LogP contribution in [-0.4, -0.2) is 11.0 Å². The number of amides is 1. The first kappa shape index (κ1) is 20.0. The van der Waals surface area contributed by atoms with Crippen molar-refractivity contribution in [1.82, 2.24) is 0 Å². The monoisotopic (exact) mass is 353 g/mol. The smallest absolute Gasteiger partial charge is 0.255 e. The van der Waals surface area contributed by atoms with Gasteiger partial charge in [0.25, 0.3) is 5.91 Å². The molecule has 0 bridgehead atoms. The van der Waals surface area contributed by atoms with Crippen molar-refractivity contribution in [1.29, 1.82) is 0 Å². The number of rotatable bonds is 10. The Labute approximate surface area is 157 Å². The Bertz CT molecular complexity index is 692. The number of aryl methyl sites for hydroxylation is 2. The number of phenolic OH excluding ortho intramolecular Hbond substituents is 1. The molecule has 1 amide bonds. The Morgan fingerprint density at radius 2 is 1.58 bits per heavy atom. The summed E-state index contributed by atoms with van der Waals surface area (Å²) in [7, 11) is 0. The van der Waals surface area contributed by atoms with Crippen LogP contribution in [0.3, 0.4) is 0 Å². The number of hydrogen-bond donors (Lipinski definition) is 2. The Balaban J connectivity index is 1.77. The summed E-state index contributed by atoms with van der Waals surface area (Å²) in [6, 6.07) is 12.9. The summed E-state index contributed by atoms with van der Waals surface area (Å²) in [5.41, 5.74) is 3.37. The minimum absolute atomic E-state index is 0.127. The molecule has 0 unspecified atom stereocenters. The molecule has 26 heavy (non-hydrogen) atoms. The molecule has 0 heterocycles. The third kappa shape index (κ3) is 6.55. The van der Waals surface area contributed by atoms with Crippen LogP contribution in [0.2, 0.25) is 0 Å². The molecule has 0 radical (unpaired) electrons. The van der Waals surface area contributed by atoms with Crippen molar-refractivity contribution < 1.29 is 9.90 Å². The van der Waals surface area contributed by atoms with E-state index in [1.54, 1.807) is 18.2 Å². The SMILES string of the molecule is CCCCCCCCCc1ccc(C(=O)Nc2ccc(O)c(C)c2)cc1. The van der Waals surface area contributed by atoms with E-state index in [1.807, 2.05) is 31.2 Å². The molecule has 0 fully saturated rings. The molecule has 3 nitrogen and oxygen atoms in total. The van der Waals surface area contributed by atoms with Gasteiger partial charge in [0.15, 0.2) is 0 Å². The highest BCUT2D eigenvalue weighted by Crippen LogP contribution is 2.21. The zero-order chi connectivity index (χ0) is 18.8. The Hall–Kier alpha value is -2.29. The lowest BCUT2D eigenvalue weighted by molar-refractivity contribution is 0.102. The third-order valence-corrected chi connectivity index (χ3v) is 4.74. The fraction of sp³-hybridized carbons (Fsp3) is 0.435. The summed E-state index contributed by atoms with van der Waals surface area (Å²) in [6.07, 6.45) is 10.3. The zero-order valence-electron chi connectivity index (χ0n) is 16.1. The molecule has 2 N–H and O–H groups in total. The first-order chi connectivity index (χ1) is 12.6. The van der Waals surface area contributed by atoms with Gasteiger partial charge in [-0.1, -0.05) is 57.6 Å². The second-order valence-corrected chi connectivity index (χ2v) is 7.02. The molecule has 140 valence electrons. The van der Waals surface area contributed by atoms with Crippen LogP contribution in [0.15, 0.2) is 42.5 Å². The van der Waals surface area contributed by atoms with Crippen molar-refractivity contribution in [3.8, 4) is 5.75 Å². The number of unbranched alkanes of at least 4 members (excludes halogenated alkanes) is 6. The minimum atomic E-state index is -0.127. The van der Waals surface area contributed by atoms with Crippen LogP contribution < -0.4 is 5.32 Å². The van der Waals surface area contributed by atoms with Crippen LogP contribution in [0.4, 0.5) is 5.69 Å². The van der Waals surface area contributed by atoms with E-state index in [0.29, 0.717) is 11.3 Å². The van der Waals surface area contributed by atoms with Gasteiger partial charge in [0, 0.05) is 11.3 Å². The Morgan fingerprint density at radius 3 is 2.23 bits per heavy atom. The second-order valence-electron chi connectivity index (χ2n) is 7.02. The van der Waals surface area contributed by atoms with E-state index in [2.05, 4.69) is 12.2 Å². The molecule has 0 aliphatic carbocycles. The van der Waals surface area contributed by atoms with Crippen LogP contribution in [0, 0.1) is 6.92 Å². The van der Waals surface area contributed by atoms with Crippen molar-refractivity contribution in [2.24, 2.45) is 0 Å². The molecule has 3 heteroatoms. The van der Waals surface area contributed by atoms with E-state index in [9.17, 15) is 9.90 Å². The first-order valence-corrected chi connectivity index (χ1v) is 9.80. The molecule has 0 aliphatic heterocycles. The maximum absolute atomic E-state index is 12.3. The van der Waals surface area contributed by atoms with Crippen LogP contribution in [0.1, 0.15) is 73.4 Å². The molecule has 0 aromatic heterocycles. The fourth-order valence-electron chi connectivity index (χ4n) is 3.05. The van der Waals surface area contributed by atoms with Gasteiger partial charge >= 0.3 is 0 Å². The van der Waals surface area contributed by atoms with Gasteiger partial charge in [0.1, 0.15) is 5.75 Å². The summed E-state index contributed by atoms with van der Waals surface area (Å²) in [4.78, 5) is 12.3. The van der Waals surface area contributed by atoms with Gasteiger partial charge in [-0.15, -0.1) is 0 Å². The quantitative estimate of drug-likeness (QED) is 0.392. The molecule has 2 rings (SSSR count). The average molecular weight is 354 g/mol. The highest BCUT2D eigenvalue weighted by Gasteiger charge is 2.07. The molecular formula is C23H31NO2. The van der Waals surface area contributed by atoms with Crippen molar-refractivity contribution in [2.45, 2.75) is 65.2 Å². The number of aromatic hydroxyl groups is 1. The van der Waals surface area contributed by atoms with Gasteiger partial charge in [-0.05, 0) is 61.2 Å². The number of phenols is 1. The molecule has 0 saturated carbocycles. The van der Waals surface area contributed by atoms with E-state index < -0.39 is 0 Å². The number of anilines is 1. The molecule has 0 spiro atoms. The van der Waals surface area contributed by atoms with Gasteiger partial charge < -0.3 is 10.4 Å². The minimum Gasteiger partial charge on any atom is -0.508 e. The maximum Gasteiger partial charge on any atom is 0.255 e. The second kappa shape index (κ2) is 10.6. The maximum atomic E-state index is 12.3. The van der Waals surface area contributed by atoms with Crippen LogP contribution in [-0.2, 0) is 6.42 Å². The lowest BCUT2D eigenvalue weighted by Gasteiger charge is -2.08. The lowest BCUT2D eigenvalue weighted by atomic mass is 10.0. The van der Waals surface area contributed by atoms with Crippen LogP contribution in [0.5, 0.6) is 5.75 Å². The largest absolute Gasteiger partial charge is 0.508 e. The Morgan fingerprint density at radius 1 is 0.923 bits per heavy atom. The molecule has 0 atom stereocenters. The van der Waals surface area contributed by atoms with Crippen LogP contribution >= 0.6 is 0 Å². The normalized spacial score (nSPS) is 10.7. The van der Waals surface area contributed by atoms with E-state index in [1.165, 1.54) is 50.5 Å². The van der Waals surface area contributed by atoms with Crippen molar-refractivity contribution >= 4 is 11.6 Å². The van der Waals surface area contributed by atoms with Crippen molar-refractivity contribution in [3.05, 3.63) is 59.2 Å². The topological polar surface area (TPSA) is 49.3 Å². The number of hydrogen-bond acceptors (Lipinski definition) is 2. The molecule has 0 aliphatic rings. The third-order valence-electron chi connectivity index (χ3n) is 4.74. The average Bonchev–Trinajstić information content (AvgIpc) is 2.64. The summed E-state index contributed by atoms with van der Waals surface area (Å²) < 4.78 is 0. The molecule has 0 saturated heterocycles. The first-order valence-electron chi connectivity index (χ1n) is 9.80. The predicted molar refractivity (Wildman–Crippen MR) is 109 cm³/mol. The fourth-order valence-corrected chi connectivity index (χ4v) is 3.05. The molecular weight excluding hydrogens is 322 g/mol. The summed E-state index contributed by atoms with van der Waals surface area (Å²) >= 11 is 0. The molecule has 2 aromatic rings. The van der Waals surface area contributed by atoms with E-state index in [-0.39, 0.29) is 11.7 Å². The highest BCUT2D eigenvalue weighted by molar-refractivity contribution is 6.04. The number of nitrogens with one attached hydrogen (secondary N) is 1. The number of carbonyl (C=O) groups excluding carboxylic acids is 1. The molecule has 2 aromatic carbocycles. The predicted octanol–water partition coefficient (Wildman–Crippen LogP) is 6.25. The number of benzene rings is 2. The summed E-state index contributed by atoms with van der Waals surface area (Å²) in [6.45, 7) is 4.05. The lowest BCUT2D eigenvalue weighted by Crippen LogP contribution is -2.11. The zero-order valence-corrected chi connectivity index (χ0v) is 16.1. The van der Waals surface area contributed by atoms with E-state index >= 15 is 0 Å². The van der Waals surface area contributed by atoms with Crippen molar-refractivity contribution in [2.75, 3.05) is 5.32 Å². The standard InChI is InChI=1S/C23H31NO2/c1-3-4-5-6-7-8-9-10-19-11-13-20(14-12-19)23(26)24-21-15-16-22(25)18(2)17-21/h11-17,25H,3-10H2,1-2H3,(H,24,26). The number of carbonyl (C=O) groups is 1. The van der Waals surface area contributed by atoms with E-state index in [0.717, 1.165) is 12.0 Å². The Kier molecular flexibility index (Phi) is 8.20. The van der Waals surface area contributed by atoms with Gasteiger partial charge in [0.05, 0.1) is 0 Å². The van der Waals surface area contributed by atoms with Crippen LogP contribution in [0.25, 0.3) is 0 Å². The van der Waals surface area contributed by atoms with Gasteiger partial charge in [-0.2, -0.15) is 0 Å². The van der Waals surface area contributed by atoms with Gasteiger partial charge in [-0.25, -0.2) is 0 Å². The highest BCUT2D eigenvalue weighted by atomic mass is 16.3.